The molecule has 0 saturated carbocycles. The molecule has 0 aliphatic heterocycles. The van der Waals surface area contributed by atoms with E-state index < -0.39 is 6.04 Å². The molecule has 2 rings (SSSR count). The normalized spacial score (nSPS) is 12.0. The lowest BCUT2D eigenvalue weighted by Crippen LogP contribution is -2.47. The number of nitrogens with zero attached hydrogens (tertiary/aromatic N) is 1. The summed E-state index contributed by atoms with van der Waals surface area (Å²) in [6, 6.07) is 13.7. The van der Waals surface area contributed by atoms with Gasteiger partial charge >= 0.3 is 0 Å². The van der Waals surface area contributed by atoms with Crippen LogP contribution in [0.5, 0.6) is 0 Å². The highest BCUT2D eigenvalue weighted by Gasteiger charge is 2.21. The molecular weight excluding hydrogens is 399 g/mol. The van der Waals surface area contributed by atoms with Crippen LogP contribution < -0.4 is 5.32 Å². The first kappa shape index (κ1) is 22.0. The maximum Gasteiger partial charge on any atom is 0.245 e. The largest absolute Gasteiger partial charge is 0.395 e. The lowest BCUT2D eigenvalue weighted by atomic mass is 10.2. The predicted molar refractivity (Wildman–Crippen MR) is 112 cm³/mol. The number of aliphatic hydroxyl groups is 1. The minimum Gasteiger partial charge on any atom is -0.395 e. The fraction of sp³-hybridized carbons (Fsp3) is 0.238. The van der Waals surface area contributed by atoms with Crippen LogP contribution in [0.2, 0.25) is 10.0 Å². The molecule has 5 nitrogen and oxygen atoms in total. The molecule has 0 spiro atoms. The smallest absolute Gasteiger partial charge is 0.245 e. The molecule has 1 atom stereocenters. The van der Waals surface area contributed by atoms with Crippen molar-refractivity contribution in [2.24, 2.45) is 0 Å². The Labute approximate surface area is 174 Å². The number of rotatable bonds is 8. The van der Waals surface area contributed by atoms with E-state index in [1.165, 1.54) is 11.0 Å². The van der Waals surface area contributed by atoms with Gasteiger partial charge in [-0.25, -0.2) is 0 Å². The fourth-order valence-corrected chi connectivity index (χ4v) is 2.90. The van der Waals surface area contributed by atoms with Crippen LogP contribution in [0.4, 0.5) is 0 Å². The molecule has 0 aliphatic rings. The molecule has 0 saturated heterocycles. The first-order valence-electron chi connectivity index (χ1n) is 8.78. The molecule has 1 unspecified atom stereocenters. The molecule has 0 aliphatic carbocycles. The van der Waals surface area contributed by atoms with Crippen LogP contribution in [0.15, 0.2) is 54.6 Å². The summed E-state index contributed by atoms with van der Waals surface area (Å²) in [6.45, 7) is 1.80. The molecule has 2 amide bonds. The fourth-order valence-electron chi connectivity index (χ4n) is 2.58. The highest BCUT2D eigenvalue weighted by molar-refractivity contribution is 6.42. The van der Waals surface area contributed by atoms with Crippen molar-refractivity contribution >= 4 is 41.1 Å². The van der Waals surface area contributed by atoms with Crippen LogP contribution in [0, 0.1) is 0 Å². The van der Waals surface area contributed by atoms with Crippen molar-refractivity contribution < 1.29 is 14.7 Å². The van der Waals surface area contributed by atoms with Gasteiger partial charge in [-0.3, -0.25) is 9.59 Å². The van der Waals surface area contributed by atoms with Crippen LogP contribution in [0.25, 0.3) is 6.08 Å². The highest BCUT2D eigenvalue weighted by Crippen LogP contribution is 2.23. The summed E-state index contributed by atoms with van der Waals surface area (Å²) in [5.41, 5.74) is 1.66. The second kappa shape index (κ2) is 10.9. The van der Waals surface area contributed by atoms with Crippen molar-refractivity contribution in [1.82, 2.24) is 10.2 Å². The number of nitrogens with one attached hydrogen (secondary N) is 1. The minimum atomic E-state index is -0.748. The van der Waals surface area contributed by atoms with Crippen molar-refractivity contribution in [3.05, 3.63) is 75.8 Å². The van der Waals surface area contributed by atoms with E-state index in [1.54, 1.807) is 31.2 Å². The topological polar surface area (TPSA) is 69.6 Å². The average Bonchev–Trinajstić information content (AvgIpc) is 2.69. The molecule has 2 aromatic rings. The van der Waals surface area contributed by atoms with E-state index in [0.29, 0.717) is 10.0 Å². The van der Waals surface area contributed by atoms with Crippen molar-refractivity contribution in [3.8, 4) is 0 Å². The molecule has 0 fully saturated rings. The standard InChI is InChI=1S/C21H22Cl2N2O3/c1-15(24-20(27)10-8-16-5-3-2-4-6-16)21(28)25(11-12-26)14-17-7-9-18(22)19(23)13-17/h2-10,13,15,26H,11-12,14H2,1H3,(H,24,27). The molecule has 2 N–H and O–H groups in total. The third-order valence-electron chi connectivity index (χ3n) is 3.99. The number of amides is 2. The van der Waals surface area contributed by atoms with Crippen LogP contribution in [-0.4, -0.2) is 41.0 Å². The predicted octanol–water partition coefficient (Wildman–Crippen LogP) is 3.53. The maximum absolute atomic E-state index is 12.7. The molecule has 0 radical (unpaired) electrons. The number of carbonyl (C=O) groups excluding carboxylic acids is 2. The van der Waals surface area contributed by atoms with Crippen LogP contribution in [-0.2, 0) is 16.1 Å². The Bertz CT molecular complexity index is 841. The maximum atomic E-state index is 12.7. The monoisotopic (exact) mass is 420 g/mol. The Morgan fingerprint density at radius 1 is 1.14 bits per heavy atom. The van der Waals surface area contributed by atoms with Crippen molar-refractivity contribution in [2.45, 2.75) is 19.5 Å². The van der Waals surface area contributed by atoms with Gasteiger partial charge < -0.3 is 15.3 Å². The third-order valence-corrected chi connectivity index (χ3v) is 4.73. The van der Waals surface area contributed by atoms with E-state index in [0.717, 1.165) is 11.1 Å². The minimum absolute atomic E-state index is 0.138. The van der Waals surface area contributed by atoms with E-state index in [-0.39, 0.29) is 31.5 Å². The van der Waals surface area contributed by atoms with Crippen LogP contribution >= 0.6 is 23.2 Å². The molecule has 7 heteroatoms. The Morgan fingerprint density at radius 3 is 2.50 bits per heavy atom. The summed E-state index contributed by atoms with van der Waals surface area (Å²) >= 11 is 11.9. The van der Waals surface area contributed by atoms with Gasteiger partial charge in [-0.2, -0.15) is 0 Å². The van der Waals surface area contributed by atoms with Gasteiger partial charge in [0, 0.05) is 19.2 Å². The van der Waals surface area contributed by atoms with E-state index >= 15 is 0 Å². The van der Waals surface area contributed by atoms with Crippen molar-refractivity contribution in [1.29, 1.82) is 0 Å². The van der Waals surface area contributed by atoms with Gasteiger partial charge in [0.25, 0.3) is 0 Å². The molecule has 0 aromatic heterocycles. The van der Waals surface area contributed by atoms with Gasteiger partial charge in [0.05, 0.1) is 16.7 Å². The second-order valence-corrected chi connectivity index (χ2v) is 7.02. The number of hydrogen-bond acceptors (Lipinski definition) is 3. The summed E-state index contributed by atoms with van der Waals surface area (Å²) in [5.74, 6) is -0.676. The average molecular weight is 421 g/mol. The molecule has 0 heterocycles. The molecule has 148 valence electrons. The lowest BCUT2D eigenvalue weighted by Gasteiger charge is -2.25. The van der Waals surface area contributed by atoms with Gasteiger partial charge in [0.1, 0.15) is 6.04 Å². The summed E-state index contributed by atoms with van der Waals surface area (Å²) < 4.78 is 0. The first-order valence-corrected chi connectivity index (χ1v) is 9.53. The Morgan fingerprint density at radius 2 is 1.86 bits per heavy atom. The van der Waals surface area contributed by atoms with Gasteiger partial charge in [-0.05, 0) is 36.3 Å². The number of halogens is 2. The SMILES string of the molecule is CC(NC(=O)C=Cc1ccccc1)C(=O)N(CCO)Cc1ccc(Cl)c(Cl)c1. The Hall–Kier alpha value is -2.34. The van der Waals surface area contributed by atoms with Gasteiger partial charge in [-0.15, -0.1) is 0 Å². The highest BCUT2D eigenvalue weighted by atomic mass is 35.5. The quantitative estimate of drug-likeness (QED) is 0.641. The van der Waals surface area contributed by atoms with Crippen LogP contribution in [0.3, 0.4) is 0 Å². The van der Waals surface area contributed by atoms with Gasteiger partial charge in [0.2, 0.25) is 11.8 Å². The van der Waals surface area contributed by atoms with Crippen LogP contribution in [0.1, 0.15) is 18.1 Å². The molecule has 0 bridgehead atoms. The van der Waals surface area contributed by atoms with E-state index in [4.69, 9.17) is 23.2 Å². The van der Waals surface area contributed by atoms with Crippen molar-refractivity contribution in [3.63, 3.8) is 0 Å². The lowest BCUT2D eigenvalue weighted by molar-refractivity contribution is -0.136. The molecule has 2 aromatic carbocycles. The Kier molecular flexibility index (Phi) is 8.51. The van der Waals surface area contributed by atoms with E-state index in [9.17, 15) is 14.7 Å². The number of hydrogen-bond donors (Lipinski definition) is 2. The summed E-state index contributed by atoms with van der Waals surface area (Å²) in [4.78, 5) is 26.3. The first-order chi connectivity index (χ1) is 13.4. The van der Waals surface area contributed by atoms with Gasteiger partial charge in [-0.1, -0.05) is 59.6 Å². The van der Waals surface area contributed by atoms with Gasteiger partial charge in [0.15, 0.2) is 0 Å². The van der Waals surface area contributed by atoms with E-state index in [2.05, 4.69) is 5.32 Å². The van der Waals surface area contributed by atoms with E-state index in [1.807, 2.05) is 30.3 Å². The Balaban J connectivity index is 1.99. The summed E-state index contributed by atoms with van der Waals surface area (Å²) in [6.07, 6.45) is 3.06. The number of benzene rings is 2. The number of carbonyl (C=O) groups is 2. The zero-order valence-corrected chi connectivity index (χ0v) is 17.0. The molecule has 28 heavy (non-hydrogen) atoms. The zero-order valence-electron chi connectivity index (χ0n) is 15.4. The summed E-state index contributed by atoms with van der Waals surface area (Å²) in [7, 11) is 0. The molecular formula is C21H22Cl2N2O3. The second-order valence-electron chi connectivity index (χ2n) is 6.21. The summed E-state index contributed by atoms with van der Waals surface area (Å²) in [5, 5.41) is 12.8. The zero-order chi connectivity index (χ0) is 20.5. The number of aliphatic hydroxyl groups excluding tert-OH is 1. The third kappa shape index (κ3) is 6.68. The van der Waals surface area contributed by atoms with Crippen molar-refractivity contribution in [2.75, 3.05) is 13.2 Å².